The van der Waals surface area contributed by atoms with Crippen molar-refractivity contribution in [2.45, 2.75) is 20.4 Å². The van der Waals surface area contributed by atoms with E-state index in [9.17, 15) is 0 Å². The fraction of sp³-hybridized carbons (Fsp3) is 0.538. The lowest BCUT2D eigenvalue weighted by Crippen LogP contribution is -2.19. The zero-order valence-electron chi connectivity index (χ0n) is 10.9. The van der Waals surface area contributed by atoms with Crippen molar-refractivity contribution < 1.29 is 9.47 Å². The van der Waals surface area contributed by atoms with Gasteiger partial charge in [0.05, 0.1) is 14.2 Å². The van der Waals surface area contributed by atoms with Crippen LogP contribution in [0.5, 0.6) is 11.5 Å². The van der Waals surface area contributed by atoms with Gasteiger partial charge in [0.2, 0.25) is 0 Å². The first-order valence-electron chi connectivity index (χ1n) is 5.59. The molecule has 0 bridgehead atoms. The SMILES string of the molecule is COc1ccc(OC)c(CNCC(C)C)c1.Cl. The quantitative estimate of drug-likeness (QED) is 0.852. The summed E-state index contributed by atoms with van der Waals surface area (Å²) in [5.74, 6) is 2.41. The molecule has 4 heteroatoms. The van der Waals surface area contributed by atoms with Crippen LogP contribution in [0, 0.1) is 5.92 Å². The number of benzene rings is 1. The molecule has 0 aliphatic heterocycles. The number of halogens is 1. The van der Waals surface area contributed by atoms with Crippen LogP contribution in [-0.4, -0.2) is 20.8 Å². The van der Waals surface area contributed by atoms with Gasteiger partial charge in [0.15, 0.2) is 0 Å². The summed E-state index contributed by atoms with van der Waals surface area (Å²) in [6.07, 6.45) is 0. The summed E-state index contributed by atoms with van der Waals surface area (Å²) in [6.45, 7) is 6.19. The van der Waals surface area contributed by atoms with Crippen molar-refractivity contribution in [2.24, 2.45) is 5.92 Å². The maximum absolute atomic E-state index is 5.31. The zero-order valence-corrected chi connectivity index (χ0v) is 11.8. The fourth-order valence-electron chi connectivity index (χ4n) is 1.52. The monoisotopic (exact) mass is 259 g/mol. The summed E-state index contributed by atoms with van der Waals surface area (Å²) in [5, 5.41) is 3.39. The van der Waals surface area contributed by atoms with E-state index in [4.69, 9.17) is 9.47 Å². The number of rotatable bonds is 6. The molecule has 1 aromatic rings. The highest BCUT2D eigenvalue weighted by molar-refractivity contribution is 5.85. The molecule has 98 valence electrons. The first kappa shape index (κ1) is 16.1. The third-order valence-electron chi connectivity index (χ3n) is 2.36. The van der Waals surface area contributed by atoms with Gasteiger partial charge in [-0.1, -0.05) is 13.8 Å². The number of methoxy groups -OCH3 is 2. The standard InChI is InChI=1S/C13H21NO2.ClH/c1-10(2)8-14-9-11-7-12(15-3)5-6-13(11)16-4;/h5-7,10,14H,8-9H2,1-4H3;1H. The molecule has 0 aliphatic rings. The van der Waals surface area contributed by atoms with Gasteiger partial charge < -0.3 is 14.8 Å². The summed E-state index contributed by atoms with van der Waals surface area (Å²) in [4.78, 5) is 0. The molecule has 1 aromatic carbocycles. The summed E-state index contributed by atoms with van der Waals surface area (Å²) < 4.78 is 10.5. The summed E-state index contributed by atoms with van der Waals surface area (Å²) in [7, 11) is 3.36. The Balaban J connectivity index is 0.00000256. The average molecular weight is 260 g/mol. The first-order chi connectivity index (χ1) is 7.67. The van der Waals surface area contributed by atoms with E-state index in [0.717, 1.165) is 30.2 Å². The van der Waals surface area contributed by atoms with Gasteiger partial charge in [-0.05, 0) is 30.7 Å². The normalized spacial score (nSPS) is 9.94. The highest BCUT2D eigenvalue weighted by Gasteiger charge is 2.04. The molecule has 1 N–H and O–H groups in total. The molecule has 0 fully saturated rings. The Labute approximate surface area is 110 Å². The second kappa shape index (κ2) is 8.20. The van der Waals surface area contributed by atoms with Gasteiger partial charge in [0.1, 0.15) is 11.5 Å². The molecule has 0 heterocycles. The maximum Gasteiger partial charge on any atom is 0.123 e. The molecule has 0 spiro atoms. The number of nitrogens with one attached hydrogen (secondary N) is 1. The highest BCUT2D eigenvalue weighted by Crippen LogP contribution is 2.23. The van der Waals surface area contributed by atoms with E-state index in [2.05, 4.69) is 19.2 Å². The van der Waals surface area contributed by atoms with E-state index in [1.54, 1.807) is 14.2 Å². The van der Waals surface area contributed by atoms with Gasteiger partial charge >= 0.3 is 0 Å². The minimum absolute atomic E-state index is 0. The minimum atomic E-state index is 0. The fourth-order valence-corrected chi connectivity index (χ4v) is 1.52. The van der Waals surface area contributed by atoms with Crippen LogP contribution < -0.4 is 14.8 Å². The Hall–Kier alpha value is -0.930. The van der Waals surface area contributed by atoms with Gasteiger partial charge in [-0.2, -0.15) is 0 Å². The van der Waals surface area contributed by atoms with Crippen molar-refractivity contribution in [3.8, 4) is 11.5 Å². The van der Waals surface area contributed by atoms with E-state index in [-0.39, 0.29) is 12.4 Å². The molecule has 0 amide bonds. The van der Waals surface area contributed by atoms with Crippen LogP contribution in [0.25, 0.3) is 0 Å². The lowest BCUT2D eigenvalue weighted by atomic mass is 10.1. The van der Waals surface area contributed by atoms with Crippen molar-refractivity contribution in [3.05, 3.63) is 23.8 Å². The summed E-state index contributed by atoms with van der Waals surface area (Å²) >= 11 is 0. The molecule has 0 unspecified atom stereocenters. The topological polar surface area (TPSA) is 30.5 Å². The molecule has 0 atom stereocenters. The van der Waals surface area contributed by atoms with Gasteiger partial charge in [-0.3, -0.25) is 0 Å². The molecule has 3 nitrogen and oxygen atoms in total. The number of ether oxygens (including phenoxy) is 2. The van der Waals surface area contributed by atoms with Crippen molar-refractivity contribution in [1.29, 1.82) is 0 Å². The third-order valence-corrected chi connectivity index (χ3v) is 2.36. The van der Waals surface area contributed by atoms with Crippen LogP contribution in [0.4, 0.5) is 0 Å². The summed E-state index contributed by atoms with van der Waals surface area (Å²) in [6, 6.07) is 5.85. The highest BCUT2D eigenvalue weighted by atomic mass is 35.5. The van der Waals surface area contributed by atoms with E-state index in [0.29, 0.717) is 5.92 Å². The van der Waals surface area contributed by atoms with Crippen LogP contribution in [0.1, 0.15) is 19.4 Å². The average Bonchev–Trinajstić information content (AvgIpc) is 2.28. The molecule has 1 rings (SSSR count). The van der Waals surface area contributed by atoms with Crippen molar-refractivity contribution in [2.75, 3.05) is 20.8 Å². The van der Waals surface area contributed by atoms with Gasteiger partial charge in [-0.25, -0.2) is 0 Å². The minimum Gasteiger partial charge on any atom is -0.497 e. The number of hydrogen-bond donors (Lipinski definition) is 1. The smallest absolute Gasteiger partial charge is 0.123 e. The maximum atomic E-state index is 5.31. The van der Waals surface area contributed by atoms with Crippen molar-refractivity contribution >= 4 is 12.4 Å². The Morgan fingerprint density at radius 1 is 1.18 bits per heavy atom. The molecule has 0 saturated carbocycles. The third kappa shape index (κ3) is 5.29. The van der Waals surface area contributed by atoms with Crippen molar-refractivity contribution in [3.63, 3.8) is 0 Å². The van der Waals surface area contributed by atoms with Crippen LogP contribution in [-0.2, 0) is 6.54 Å². The number of hydrogen-bond acceptors (Lipinski definition) is 3. The lowest BCUT2D eigenvalue weighted by Gasteiger charge is -2.12. The molecule has 0 aromatic heterocycles. The van der Waals surface area contributed by atoms with Crippen LogP contribution >= 0.6 is 12.4 Å². The van der Waals surface area contributed by atoms with Crippen LogP contribution in [0.2, 0.25) is 0 Å². The Bertz CT molecular complexity index is 329. The Morgan fingerprint density at radius 3 is 2.41 bits per heavy atom. The molecular formula is C13H22ClNO2. The lowest BCUT2D eigenvalue weighted by molar-refractivity contribution is 0.396. The van der Waals surface area contributed by atoms with E-state index >= 15 is 0 Å². The van der Waals surface area contributed by atoms with Gasteiger partial charge in [-0.15, -0.1) is 12.4 Å². The predicted molar refractivity (Wildman–Crippen MR) is 73.3 cm³/mol. The van der Waals surface area contributed by atoms with Crippen LogP contribution in [0.15, 0.2) is 18.2 Å². The van der Waals surface area contributed by atoms with Crippen LogP contribution in [0.3, 0.4) is 0 Å². The largest absolute Gasteiger partial charge is 0.497 e. The second-order valence-electron chi connectivity index (χ2n) is 4.20. The molecule has 0 aliphatic carbocycles. The molecule has 0 radical (unpaired) electrons. The van der Waals surface area contributed by atoms with E-state index in [1.807, 2.05) is 18.2 Å². The Morgan fingerprint density at radius 2 is 1.88 bits per heavy atom. The van der Waals surface area contributed by atoms with Gasteiger partial charge in [0.25, 0.3) is 0 Å². The predicted octanol–water partition coefficient (Wildman–Crippen LogP) is 2.87. The molecular weight excluding hydrogens is 238 g/mol. The molecule has 0 saturated heterocycles. The zero-order chi connectivity index (χ0) is 12.0. The molecule has 17 heavy (non-hydrogen) atoms. The van der Waals surface area contributed by atoms with Gasteiger partial charge in [0, 0.05) is 12.1 Å². The Kier molecular flexibility index (Phi) is 7.75. The second-order valence-corrected chi connectivity index (χ2v) is 4.20. The van der Waals surface area contributed by atoms with Crippen molar-refractivity contribution in [1.82, 2.24) is 5.32 Å². The van der Waals surface area contributed by atoms with E-state index < -0.39 is 0 Å². The summed E-state index contributed by atoms with van der Waals surface area (Å²) in [5.41, 5.74) is 1.13. The van der Waals surface area contributed by atoms with E-state index in [1.165, 1.54) is 0 Å². The first-order valence-corrected chi connectivity index (χ1v) is 5.59.